The van der Waals surface area contributed by atoms with Gasteiger partial charge in [-0.05, 0) is 29.8 Å². The van der Waals surface area contributed by atoms with Crippen molar-refractivity contribution < 1.29 is 18.3 Å². The van der Waals surface area contributed by atoms with Gasteiger partial charge in [-0.15, -0.1) is 0 Å². The summed E-state index contributed by atoms with van der Waals surface area (Å²) in [4.78, 5) is 10.7. The summed E-state index contributed by atoms with van der Waals surface area (Å²) in [6, 6.07) is 3.86. The van der Waals surface area contributed by atoms with Crippen LogP contribution in [-0.2, 0) is 10.0 Å². The molecule has 0 amide bonds. The smallest absolute Gasteiger partial charge is 0.335 e. The summed E-state index contributed by atoms with van der Waals surface area (Å²) in [5.74, 6) is -1.20. The number of nitrogens with zero attached hydrogens (tertiary/aromatic N) is 3. The SMILES string of the molecule is Cc1ccc(C(=O)O)cc1S(=O)(=O)Nc1nnns1. The van der Waals surface area contributed by atoms with Crippen molar-refractivity contribution in [2.75, 3.05) is 4.72 Å². The topological polar surface area (TPSA) is 122 Å². The predicted octanol–water partition coefficient (Wildman–Crippen LogP) is 0.741. The molecule has 0 saturated heterocycles. The van der Waals surface area contributed by atoms with Crippen molar-refractivity contribution in [3.05, 3.63) is 29.3 Å². The summed E-state index contributed by atoms with van der Waals surface area (Å²) in [7, 11) is -3.92. The van der Waals surface area contributed by atoms with Gasteiger partial charge in [-0.3, -0.25) is 4.72 Å². The highest BCUT2D eigenvalue weighted by molar-refractivity contribution is 7.93. The quantitative estimate of drug-likeness (QED) is 0.853. The van der Waals surface area contributed by atoms with E-state index in [1.54, 1.807) is 6.92 Å². The number of carbonyl (C=O) groups is 1. The van der Waals surface area contributed by atoms with Crippen LogP contribution in [-0.4, -0.2) is 34.3 Å². The van der Waals surface area contributed by atoms with Crippen molar-refractivity contribution in [2.24, 2.45) is 0 Å². The van der Waals surface area contributed by atoms with Gasteiger partial charge >= 0.3 is 5.97 Å². The average molecular weight is 300 g/mol. The summed E-state index contributed by atoms with van der Waals surface area (Å²) >= 11 is 0.782. The van der Waals surface area contributed by atoms with Gasteiger partial charge in [-0.25, -0.2) is 13.2 Å². The summed E-state index contributed by atoms with van der Waals surface area (Å²) in [5, 5.41) is 15.6. The highest BCUT2D eigenvalue weighted by atomic mass is 32.2. The second-order valence-corrected chi connectivity index (χ2v) is 5.94. The molecule has 1 aromatic heterocycles. The molecule has 1 heterocycles. The second kappa shape index (κ2) is 4.90. The lowest BCUT2D eigenvalue weighted by molar-refractivity contribution is 0.0696. The third-order valence-corrected chi connectivity index (χ3v) is 4.37. The zero-order valence-corrected chi connectivity index (χ0v) is 11.2. The third kappa shape index (κ3) is 2.85. The van der Waals surface area contributed by atoms with Crippen LogP contribution in [0.1, 0.15) is 15.9 Å². The number of hydrogen-bond acceptors (Lipinski definition) is 7. The van der Waals surface area contributed by atoms with Crippen molar-refractivity contribution in [3.63, 3.8) is 0 Å². The second-order valence-electron chi connectivity index (χ2n) is 3.56. The number of aromatic carboxylic acids is 1. The minimum Gasteiger partial charge on any atom is -0.478 e. The molecule has 0 bridgehead atoms. The Morgan fingerprint density at radius 2 is 2.16 bits per heavy atom. The molecular weight excluding hydrogens is 292 g/mol. The molecule has 0 radical (unpaired) electrons. The number of rotatable bonds is 4. The molecule has 0 spiro atoms. The summed E-state index contributed by atoms with van der Waals surface area (Å²) < 4.78 is 29.8. The van der Waals surface area contributed by atoms with Crippen LogP contribution in [0, 0.1) is 6.92 Å². The summed E-state index contributed by atoms with van der Waals surface area (Å²) in [6.07, 6.45) is 0. The zero-order valence-electron chi connectivity index (χ0n) is 9.56. The van der Waals surface area contributed by atoms with E-state index in [1.165, 1.54) is 12.1 Å². The molecule has 100 valence electrons. The lowest BCUT2D eigenvalue weighted by atomic mass is 10.1. The first kappa shape index (κ1) is 13.4. The fraction of sp³-hybridized carbons (Fsp3) is 0.111. The maximum Gasteiger partial charge on any atom is 0.335 e. The van der Waals surface area contributed by atoms with Gasteiger partial charge < -0.3 is 5.11 Å². The molecule has 19 heavy (non-hydrogen) atoms. The van der Waals surface area contributed by atoms with E-state index in [-0.39, 0.29) is 15.6 Å². The van der Waals surface area contributed by atoms with Gasteiger partial charge in [0.2, 0.25) is 5.13 Å². The van der Waals surface area contributed by atoms with Crippen LogP contribution in [0.5, 0.6) is 0 Å². The first-order valence-corrected chi connectivity index (χ1v) is 7.17. The van der Waals surface area contributed by atoms with Crippen molar-refractivity contribution in [1.82, 2.24) is 14.8 Å². The minimum atomic E-state index is -3.92. The van der Waals surface area contributed by atoms with Gasteiger partial charge in [0.15, 0.2) is 0 Å². The third-order valence-electron chi connectivity index (χ3n) is 2.25. The largest absolute Gasteiger partial charge is 0.478 e. The fourth-order valence-electron chi connectivity index (χ4n) is 1.37. The fourth-order valence-corrected chi connectivity index (χ4v) is 3.22. The van der Waals surface area contributed by atoms with Crippen LogP contribution >= 0.6 is 11.5 Å². The molecule has 2 rings (SSSR count). The maximum atomic E-state index is 12.1. The zero-order chi connectivity index (χ0) is 14.0. The van der Waals surface area contributed by atoms with Crippen LogP contribution in [0.15, 0.2) is 23.1 Å². The van der Waals surface area contributed by atoms with Crippen molar-refractivity contribution in [1.29, 1.82) is 0 Å². The molecule has 1 aromatic carbocycles. The van der Waals surface area contributed by atoms with Gasteiger partial charge in [-0.2, -0.15) is 0 Å². The monoisotopic (exact) mass is 300 g/mol. The number of aryl methyl sites for hydroxylation is 1. The highest BCUT2D eigenvalue weighted by Crippen LogP contribution is 2.20. The first-order valence-electron chi connectivity index (χ1n) is 4.92. The number of anilines is 1. The first-order chi connectivity index (χ1) is 8.90. The molecule has 0 saturated carbocycles. The minimum absolute atomic E-state index is 0.0140. The molecular formula is C9H8N4O4S2. The van der Waals surface area contributed by atoms with Crippen LogP contribution < -0.4 is 4.72 Å². The molecule has 0 aliphatic carbocycles. The van der Waals surface area contributed by atoms with E-state index in [0.29, 0.717) is 5.56 Å². The van der Waals surface area contributed by atoms with Gasteiger partial charge in [0.05, 0.1) is 10.5 Å². The van der Waals surface area contributed by atoms with Crippen LogP contribution in [0.4, 0.5) is 5.13 Å². The van der Waals surface area contributed by atoms with Crippen LogP contribution in [0.2, 0.25) is 0 Å². The molecule has 10 heteroatoms. The van der Waals surface area contributed by atoms with E-state index in [0.717, 1.165) is 17.6 Å². The standard InChI is InChI=1S/C9H8N4O4S2/c1-5-2-3-6(8(14)15)4-7(5)19(16,17)11-9-10-12-13-18-9/h2-4H,1H3,(H,14,15)(H,10,11,13). The average Bonchev–Trinajstić information content (AvgIpc) is 2.81. The van der Waals surface area contributed by atoms with Gasteiger partial charge in [0.1, 0.15) is 0 Å². The summed E-state index contributed by atoms with van der Waals surface area (Å²) in [5.41, 5.74) is 0.316. The van der Waals surface area contributed by atoms with Crippen LogP contribution in [0.3, 0.4) is 0 Å². The number of carboxylic acid groups (broad SMARTS) is 1. The Hall–Kier alpha value is -2.07. The molecule has 8 nitrogen and oxygen atoms in total. The molecule has 0 atom stereocenters. The van der Waals surface area contributed by atoms with E-state index >= 15 is 0 Å². The molecule has 2 N–H and O–H groups in total. The van der Waals surface area contributed by atoms with Gasteiger partial charge in [0.25, 0.3) is 10.0 Å². The molecule has 0 fully saturated rings. The van der Waals surface area contributed by atoms with E-state index < -0.39 is 16.0 Å². The van der Waals surface area contributed by atoms with Crippen molar-refractivity contribution in [2.45, 2.75) is 11.8 Å². The number of sulfonamides is 1. The van der Waals surface area contributed by atoms with E-state index in [1.807, 2.05) is 0 Å². The lowest BCUT2D eigenvalue weighted by Crippen LogP contribution is -2.15. The van der Waals surface area contributed by atoms with E-state index in [4.69, 9.17) is 5.11 Å². The number of nitrogens with one attached hydrogen (secondary N) is 1. The van der Waals surface area contributed by atoms with Crippen molar-refractivity contribution in [3.8, 4) is 0 Å². The van der Waals surface area contributed by atoms with E-state index in [9.17, 15) is 13.2 Å². The Kier molecular flexibility index (Phi) is 3.44. The predicted molar refractivity (Wildman–Crippen MR) is 66.7 cm³/mol. The Balaban J connectivity index is 2.45. The number of carboxylic acids is 1. The highest BCUT2D eigenvalue weighted by Gasteiger charge is 2.20. The Morgan fingerprint density at radius 3 is 2.74 bits per heavy atom. The van der Waals surface area contributed by atoms with Crippen molar-refractivity contribution >= 4 is 32.7 Å². The normalized spacial score (nSPS) is 11.2. The number of hydrogen-bond donors (Lipinski definition) is 2. The molecule has 0 aliphatic heterocycles. The summed E-state index contributed by atoms with van der Waals surface area (Å²) in [6.45, 7) is 1.57. The Labute approximate surface area is 112 Å². The molecule has 0 unspecified atom stereocenters. The molecule has 0 aliphatic rings. The van der Waals surface area contributed by atoms with Gasteiger partial charge in [0, 0.05) is 11.5 Å². The number of benzene rings is 1. The number of aromatic nitrogens is 3. The van der Waals surface area contributed by atoms with Gasteiger partial charge in [-0.1, -0.05) is 15.7 Å². The van der Waals surface area contributed by atoms with E-state index in [2.05, 4.69) is 19.5 Å². The molecule has 2 aromatic rings. The van der Waals surface area contributed by atoms with Crippen LogP contribution in [0.25, 0.3) is 0 Å². The maximum absolute atomic E-state index is 12.1. The Bertz CT molecular complexity index is 712. The Morgan fingerprint density at radius 1 is 1.42 bits per heavy atom. The lowest BCUT2D eigenvalue weighted by Gasteiger charge is -2.08.